The Kier molecular flexibility index (Phi) is 4.21. The van der Waals surface area contributed by atoms with Crippen LogP contribution in [0.15, 0.2) is 83.3 Å². The van der Waals surface area contributed by atoms with Crippen molar-refractivity contribution in [2.24, 2.45) is 0 Å². The van der Waals surface area contributed by atoms with Crippen LogP contribution in [0.2, 0.25) is 0 Å². The molecule has 1 atom stereocenters. The third-order valence-electron chi connectivity index (χ3n) is 5.10. The van der Waals surface area contributed by atoms with E-state index < -0.39 is 0 Å². The second-order valence-corrected chi connectivity index (χ2v) is 7.93. The monoisotopic (exact) mass is 385 g/mol. The van der Waals surface area contributed by atoms with Crippen LogP contribution in [0.1, 0.15) is 33.7 Å². The van der Waals surface area contributed by atoms with Crippen molar-refractivity contribution in [2.75, 3.05) is 11.9 Å². The maximum absolute atomic E-state index is 13.4. The van der Waals surface area contributed by atoms with Crippen molar-refractivity contribution in [3.05, 3.63) is 95.1 Å². The average Bonchev–Trinajstić information content (AvgIpc) is 2.90. The molecule has 0 radical (unpaired) electrons. The minimum atomic E-state index is -0.0817. The van der Waals surface area contributed by atoms with E-state index in [0.29, 0.717) is 6.61 Å². The molecule has 0 bridgehead atoms. The van der Waals surface area contributed by atoms with Gasteiger partial charge in [0.2, 0.25) is 0 Å². The lowest BCUT2D eigenvalue weighted by Crippen LogP contribution is -2.07. The minimum Gasteiger partial charge on any atom is -0.494 e. The number of rotatable bonds is 3. The minimum absolute atomic E-state index is 0.0817. The lowest BCUT2D eigenvalue weighted by Gasteiger charge is -2.17. The largest absolute Gasteiger partial charge is 0.494 e. The molecule has 0 unspecified atom stereocenters. The number of Topliss-reactive ketones (excluding diaryl/α,β-unsaturated/α-hetero) is 1. The number of anilines is 1. The van der Waals surface area contributed by atoms with E-state index in [0.717, 1.165) is 44.3 Å². The molecule has 0 saturated carbocycles. The number of carbonyl (C=O) groups excluding carboxylic acids is 1. The van der Waals surface area contributed by atoms with E-state index in [2.05, 4.69) is 29.6 Å². The van der Waals surface area contributed by atoms with Crippen LogP contribution in [0.3, 0.4) is 0 Å². The topological polar surface area (TPSA) is 38.3 Å². The van der Waals surface area contributed by atoms with Gasteiger partial charge >= 0.3 is 0 Å². The van der Waals surface area contributed by atoms with E-state index in [1.165, 1.54) is 0 Å². The van der Waals surface area contributed by atoms with Crippen LogP contribution in [0.5, 0.6) is 5.75 Å². The number of ether oxygens (including phenoxy) is 1. The van der Waals surface area contributed by atoms with Crippen molar-refractivity contribution < 1.29 is 9.53 Å². The van der Waals surface area contributed by atoms with Crippen molar-refractivity contribution in [3.8, 4) is 5.75 Å². The van der Waals surface area contributed by atoms with Crippen LogP contribution in [0.4, 0.5) is 5.69 Å². The molecule has 1 aliphatic carbocycles. The Labute approximate surface area is 168 Å². The molecule has 5 rings (SSSR count). The fourth-order valence-electron chi connectivity index (χ4n) is 3.82. The van der Waals surface area contributed by atoms with Crippen molar-refractivity contribution in [3.63, 3.8) is 0 Å². The number of fused-ring (bicyclic) bond motifs is 3. The summed E-state index contributed by atoms with van der Waals surface area (Å²) < 4.78 is 5.59. The van der Waals surface area contributed by atoms with Crippen LogP contribution in [0.25, 0.3) is 5.70 Å². The van der Waals surface area contributed by atoms with Gasteiger partial charge in [-0.05, 0) is 36.8 Å². The fraction of sp³-hybridized carbons (Fsp3) is 0.125. The second kappa shape index (κ2) is 6.88. The number of ketones is 1. The van der Waals surface area contributed by atoms with Gasteiger partial charge in [-0.15, -0.1) is 11.8 Å². The lowest BCUT2D eigenvalue weighted by molar-refractivity contribution is 0.103. The van der Waals surface area contributed by atoms with Crippen molar-refractivity contribution >= 4 is 28.9 Å². The molecule has 3 aromatic carbocycles. The van der Waals surface area contributed by atoms with Gasteiger partial charge in [-0.3, -0.25) is 4.79 Å². The molecule has 0 saturated heterocycles. The zero-order valence-corrected chi connectivity index (χ0v) is 16.3. The number of benzene rings is 3. The molecular formula is C24H19NO2S. The highest BCUT2D eigenvalue weighted by molar-refractivity contribution is 8.00. The van der Waals surface area contributed by atoms with Gasteiger partial charge in [0.15, 0.2) is 5.78 Å². The first-order chi connectivity index (χ1) is 13.8. The molecule has 1 aliphatic heterocycles. The summed E-state index contributed by atoms with van der Waals surface area (Å²) in [6.45, 7) is 2.61. The third kappa shape index (κ3) is 2.72. The Morgan fingerprint density at radius 1 is 0.929 bits per heavy atom. The summed E-state index contributed by atoms with van der Waals surface area (Å²) >= 11 is 1.72. The van der Waals surface area contributed by atoms with Crippen LogP contribution >= 0.6 is 11.8 Å². The van der Waals surface area contributed by atoms with Gasteiger partial charge in [-0.1, -0.05) is 48.5 Å². The SMILES string of the molecule is CCOc1ccc([C@@H]2Sc3ccccc3NC3=C2C(=O)c2ccccc23)cc1. The summed E-state index contributed by atoms with van der Waals surface area (Å²) in [4.78, 5) is 14.5. The maximum Gasteiger partial charge on any atom is 0.193 e. The molecule has 3 aromatic rings. The third-order valence-corrected chi connectivity index (χ3v) is 6.46. The van der Waals surface area contributed by atoms with Crippen LogP contribution in [-0.2, 0) is 0 Å². The Balaban J connectivity index is 1.67. The molecule has 1 heterocycles. The van der Waals surface area contributed by atoms with Crippen molar-refractivity contribution in [1.29, 1.82) is 0 Å². The molecule has 138 valence electrons. The van der Waals surface area contributed by atoms with Gasteiger partial charge in [-0.25, -0.2) is 0 Å². The van der Waals surface area contributed by atoms with E-state index in [1.807, 2.05) is 55.5 Å². The number of hydrogen-bond donors (Lipinski definition) is 1. The Morgan fingerprint density at radius 3 is 2.43 bits per heavy atom. The summed E-state index contributed by atoms with van der Waals surface area (Å²) in [5.41, 5.74) is 5.65. The average molecular weight is 385 g/mol. The molecule has 2 aliphatic rings. The predicted molar refractivity (Wildman–Crippen MR) is 114 cm³/mol. The first-order valence-electron chi connectivity index (χ1n) is 9.40. The molecule has 4 heteroatoms. The molecule has 0 amide bonds. The summed E-state index contributed by atoms with van der Waals surface area (Å²) in [5.74, 6) is 0.955. The zero-order chi connectivity index (χ0) is 19.1. The van der Waals surface area contributed by atoms with Crippen LogP contribution in [-0.4, -0.2) is 12.4 Å². The first kappa shape index (κ1) is 17.1. The molecular weight excluding hydrogens is 366 g/mol. The van der Waals surface area contributed by atoms with E-state index in [9.17, 15) is 4.79 Å². The van der Waals surface area contributed by atoms with E-state index >= 15 is 0 Å². The Morgan fingerprint density at radius 2 is 1.64 bits per heavy atom. The molecule has 0 fully saturated rings. The fourth-order valence-corrected chi connectivity index (χ4v) is 5.11. The van der Waals surface area contributed by atoms with Crippen LogP contribution < -0.4 is 10.1 Å². The second-order valence-electron chi connectivity index (χ2n) is 6.78. The van der Waals surface area contributed by atoms with Gasteiger partial charge in [0.05, 0.1) is 23.2 Å². The molecule has 1 N–H and O–H groups in total. The van der Waals surface area contributed by atoms with E-state index in [-0.39, 0.29) is 11.0 Å². The van der Waals surface area contributed by atoms with Gasteiger partial charge < -0.3 is 10.1 Å². The quantitative estimate of drug-likeness (QED) is 0.604. The molecule has 0 aromatic heterocycles. The normalized spacial score (nSPS) is 17.3. The molecule has 0 spiro atoms. The van der Waals surface area contributed by atoms with Crippen molar-refractivity contribution in [2.45, 2.75) is 17.1 Å². The number of thioether (sulfide) groups is 1. The summed E-state index contributed by atoms with van der Waals surface area (Å²) in [5, 5.41) is 3.47. The van der Waals surface area contributed by atoms with E-state index in [4.69, 9.17) is 4.74 Å². The summed E-state index contributed by atoms with van der Waals surface area (Å²) in [6, 6.07) is 24.2. The van der Waals surface area contributed by atoms with Crippen molar-refractivity contribution in [1.82, 2.24) is 0 Å². The number of nitrogens with one attached hydrogen (secondary N) is 1. The highest BCUT2D eigenvalue weighted by Crippen LogP contribution is 2.52. The smallest absolute Gasteiger partial charge is 0.193 e. The summed E-state index contributed by atoms with van der Waals surface area (Å²) in [6.07, 6.45) is 0. The molecule has 28 heavy (non-hydrogen) atoms. The van der Waals surface area contributed by atoms with Gasteiger partial charge in [-0.2, -0.15) is 0 Å². The highest BCUT2D eigenvalue weighted by Gasteiger charge is 2.37. The highest BCUT2D eigenvalue weighted by atomic mass is 32.2. The number of para-hydroxylation sites is 1. The van der Waals surface area contributed by atoms with E-state index in [1.54, 1.807) is 11.8 Å². The van der Waals surface area contributed by atoms with Gasteiger partial charge in [0.1, 0.15) is 5.75 Å². The predicted octanol–water partition coefficient (Wildman–Crippen LogP) is 5.95. The Hall–Kier alpha value is -2.98. The van der Waals surface area contributed by atoms with Crippen LogP contribution in [0, 0.1) is 0 Å². The Bertz CT molecular complexity index is 1100. The standard InChI is InChI=1S/C24H19NO2S/c1-2-27-16-13-11-15(12-14-16)24-21-22(17-7-3-4-8-18(17)23(21)26)25-19-9-5-6-10-20(19)28-24/h3-14,24-25H,2H2,1H3/t24-/m0/s1. The molecule has 3 nitrogen and oxygen atoms in total. The number of carbonyl (C=O) groups is 1. The van der Waals surface area contributed by atoms with Gasteiger partial charge in [0.25, 0.3) is 0 Å². The summed E-state index contributed by atoms with van der Waals surface area (Å²) in [7, 11) is 0. The number of hydrogen-bond acceptors (Lipinski definition) is 4. The van der Waals surface area contributed by atoms with Gasteiger partial charge in [0, 0.05) is 21.6 Å². The maximum atomic E-state index is 13.4. The zero-order valence-electron chi connectivity index (χ0n) is 15.4. The lowest BCUT2D eigenvalue weighted by atomic mass is 10.0. The first-order valence-corrected chi connectivity index (χ1v) is 10.3.